The van der Waals surface area contributed by atoms with Crippen LogP contribution in [0, 0.1) is 0 Å². The summed E-state index contributed by atoms with van der Waals surface area (Å²) in [5.74, 6) is 0. The first-order valence-corrected chi connectivity index (χ1v) is 5.99. The fraction of sp³-hybridized carbons (Fsp3) is 0.467. The number of aryl methyl sites for hydroxylation is 1. The van der Waals surface area contributed by atoms with Gasteiger partial charge in [-0.2, -0.15) is 0 Å². The highest BCUT2D eigenvalue weighted by atomic mass is 16.3. The summed E-state index contributed by atoms with van der Waals surface area (Å²) in [6.45, 7) is 5.86. The van der Waals surface area contributed by atoms with Crippen LogP contribution in [-0.2, 0) is 6.42 Å². The minimum atomic E-state index is -0.560. The lowest BCUT2D eigenvalue weighted by molar-refractivity contribution is 0.0722. The molecule has 0 radical (unpaired) electrons. The van der Waals surface area contributed by atoms with E-state index in [4.69, 9.17) is 0 Å². The van der Waals surface area contributed by atoms with Gasteiger partial charge in [-0.25, -0.2) is 0 Å². The van der Waals surface area contributed by atoms with Crippen LogP contribution in [0.25, 0.3) is 6.08 Å². The molecule has 1 nitrogen and oxygen atoms in total. The average Bonchev–Trinajstić information content (AvgIpc) is 2.23. The van der Waals surface area contributed by atoms with E-state index in [2.05, 4.69) is 43.3 Å². The van der Waals surface area contributed by atoms with Crippen LogP contribution in [0.15, 0.2) is 30.3 Å². The van der Waals surface area contributed by atoms with Crippen LogP contribution in [0.3, 0.4) is 0 Å². The Kier molecular flexibility index (Phi) is 4.75. The first-order valence-electron chi connectivity index (χ1n) is 5.99. The summed E-state index contributed by atoms with van der Waals surface area (Å²) in [5, 5.41) is 9.56. The van der Waals surface area contributed by atoms with Crippen molar-refractivity contribution in [3.05, 3.63) is 41.5 Å². The lowest BCUT2D eigenvalue weighted by Crippen LogP contribution is -2.17. The second-order valence-electron chi connectivity index (χ2n) is 4.85. The van der Waals surface area contributed by atoms with Gasteiger partial charge in [0.1, 0.15) is 0 Å². The minimum Gasteiger partial charge on any atom is -0.390 e. The summed E-state index contributed by atoms with van der Waals surface area (Å²) in [6.07, 6.45) is 7.06. The molecular formula is C15H22O. The van der Waals surface area contributed by atoms with E-state index in [-0.39, 0.29) is 0 Å². The van der Waals surface area contributed by atoms with Gasteiger partial charge >= 0.3 is 0 Å². The summed E-state index contributed by atoms with van der Waals surface area (Å²) >= 11 is 0. The van der Waals surface area contributed by atoms with Crippen LogP contribution in [0.4, 0.5) is 0 Å². The van der Waals surface area contributed by atoms with Crippen LogP contribution in [0.1, 0.15) is 44.7 Å². The summed E-state index contributed by atoms with van der Waals surface area (Å²) < 4.78 is 0. The fourth-order valence-corrected chi connectivity index (χ4v) is 1.57. The first-order chi connectivity index (χ1) is 7.51. The molecule has 1 N–H and O–H groups in total. The number of aliphatic hydroxyl groups is 1. The van der Waals surface area contributed by atoms with Gasteiger partial charge in [-0.05, 0) is 44.2 Å². The molecule has 0 heterocycles. The number of rotatable bonds is 5. The number of hydrogen-bond donors (Lipinski definition) is 1. The molecule has 0 aliphatic carbocycles. The monoisotopic (exact) mass is 218 g/mol. The van der Waals surface area contributed by atoms with Crippen molar-refractivity contribution in [1.29, 1.82) is 0 Å². The predicted molar refractivity (Wildman–Crippen MR) is 70.4 cm³/mol. The van der Waals surface area contributed by atoms with E-state index in [9.17, 15) is 5.11 Å². The summed E-state index contributed by atoms with van der Waals surface area (Å²) in [6, 6.07) is 8.56. The van der Waals surface area contributed by atoms with E-state index < -0.39 is 5.60 Å². The van der Waals surface area contributed by atoms with Gasteiger partial charge < -0.3 is 5.11 Å². The number of allylic oxidation sites excluding steroid dienone is 1. The maximum absolute atomic E-state index is 9.56. The molecule has 0 unspecified atom stereocenters. The van der Waals surface area contributed by atoms with Crippen LogP contribution in [-0.4, -0.2) is 10.7 Å². The molecule has 0 aliphatic heterocycles. The Bertz CT molecular complexity index is 345. The Balaban J connectivity index is 2.49. The molecule has 0 fully saturated rings. The Labute approximate surface area is 98.8 Å². The van der Waals surface area contributed by atoms with Crippen molar-refractivity contribution < 1.29 is 5.11 Å². The Morgan fingerprint density at radius 1 is 1.31 bits per heavy atom. The van der Waals surface area contributed by atoms with Gasteiger partial charge in [0.15, 0.2) is 0 Å². The molecule has 16 heavy (non-hydrogen) atoms. The first kappa shape index (κ1) is 13.0. The summed E-state index contributed by atoms with van der Waals surface area (Å²) in [4.78, 5) is 0. The summed E-state index contributed by atoms with van der Waals surface area (Å²) in [5.41, 5.74) is 2.05. The molecule has 0 aliphatic rings. The van der Waals surface area contributed by atoms with E-state index in [1.165, 1.54) is 11.1 Å². The maximum atomic E-state index is 9.56. The van der Waals surface area contributed by atoms with Gasteiger partial charge in [-0.15, -0.1) is 0 Å². The zero-order valence-electron chi connectivity index (χ0n) is 10.5. The topological polar surface area (TPSA) is 20.2 Å². The molecule has 1 aromatic rings. The molecule has 1 aromatic carbocycles. The molecule has 0 amide bonds. The van der Waals surface area contributed by atoms with Crippen LogP contribution >= 0.6 is 0 Å². The molecular weight excluding hydrogens is 196 g/mol. The van der Waals surface area contributed by atoms with Crippen molar-refractivity contribution in [2.75, 3.05) is 0 Å². The summed E-state index contributed by atoms with van der Waals surface area (Å²) in [7, 11) is 0. The molecule has 88 valence electrons. The lowest BCUT2D eigenvalue weighted by Gasteiger charge is -2.14. The lowest BCUT2D eigenvalue weighted by atomic mass is 10.0. The van der Waals surface area contributed by atoms with Crippen molar-refractivity contribution in [3.63, 3.8) is 0 Å². The zero-order chi connectivity index (χ0) is 12.0. The van der Waals surface area contributed by atoms with E-state index in [0.29, 0.717) is 0 Å². The van der Waals surface area contributed by atoms with Crippen molar-refractivity contribution in [3.8, 4) is 0 Å². The van der Waals surface area contributed by atoms with Crippen LogP contribution < -0.4 is 0 Å². The van der Waals surface area contributed by atoms with Crippen LogP contribution in [0.5, 0.6) is 0 Å². The second-order valence-corrected chi connectivity index (χ2v) is 4.85. The molecule has 0 saturated carbocycles. The fourth-order valence-electron chi connectivity index (χ4n) is 1.57. The SMILES string of the molecule is CCc1cccc(/C=C/CCC(C)(C)O)c1. The van der Waals surface area contributed by atoms with E-state index in [0.717, 1.165) is 19.3 Å². The Morgan fingerprint density at radius 2 is 2.06 bits per heavy atom. The molecule has 1 rings (SSSR count). The standard InChI is InChI=1S/C15H22O/c1-4-13-9-7-10-14(12-13)8-5-6-11-15(2,3)16/h5,7-10,12,16H,4,6,11H2,1-3H3/b8-5+. The normalized spacial score (nSPS) is 12.2. The third kappa shape index (κ3) is 5.13. The van der Waals surface area contributed by atoms with Gasteiger partial charge in [0.05, 0.1) is 5.60 Å². The van der Waals surface area contributed by atoms with Gasteiger partial charge in [0.25, 0.3) is 0 Å². The van der Waals surface area contributed by atoms with Gasteiger partial charge in [0, 0.05) is 0 Å². The molecule has 0 atom stereocenters. The van der Waals surface area contributed by atoms with Gasteiger partial charge in [0.2, 0.25) is 0 Å². The van der Waals surface area contributed by atoms with Crippen molar-refractivity contribution >= 4 is 6.08 Å². The second kappa shape index (κ2) is 5.86. The average molecular weight is 218 g/mol. The van der Waals surface area contributed by atoms with E-state index in [1.807, 2.05) is 13.8 Å². The van der Waals surface area contributed by atoms with E-state index >= 15 is 0 Å². The smallest absolute Gasteiger partial charge is 0.0594 e. The molecule has 1 heteroatoms. The number of benzene rings is 1. The Morgan fingerprint density at radius 3 is 2.69 bits per heavy atom. The number of hydrogen-bond acceptors (Lipinski definition) is 1. The molecule has 0 spiro atoms. The molecule has 0 bridgehead atoms. The highest BCUT2D eigenvalue weighted by Gasteiger charge is 2.09. The minimum absolute atomic E-state index is 0.560. The van der Waals surface area contributed by atoms with Gasteiger partial charge in [-0.3, -0.25) is 0 Å². The predicted octanol–water partition coefficient (Wildman–Crippen LogP) is 3.81. The maximum Gasteiger partial charge on any atom is 0.0594 e. The third-order valence-electron chi connectivity index (χ3n) is 2.59. The Hall–Kier alpha value is -1.08. The van der Waals surface area contributed by atoms with Crippen molar-refractivity contribution in [2.45, 2.75) is 45.6 Å². The largest absolute Gasteiger partial charge is 0.390 e. The van der Waals surface area contributed by atoms with Gasteiger partial charge in [-0.1, -0.05) is 43.3 Å². The van der Waals surface area contributed by atoms with Crippen molar-refractivity contribution in [1.82, 2.24) is 0 Å². The zero-order valence-corrected chi connectivity index (χ0v) is 10.5. The van der Waals surface area contributed by atoms with Crippen LogP contribution in [0.2, 0.25) is 0 Å². The molecule has 0 saturated heterocycles. The van der Waals surface area contributed by atoms with E-state index in [1.54, 1.807) is 0 Å². The molecule has 0 aromatic heterocycles. The highest BCUT2D eigenvalue weighted by molar-refractivity contribution is 5.50. The quantitative estimate of drug-likeness (QED) is 0.796. The highest BCUT2D eigenvalue weighted by Crippen LogP contribution is 2.12. The third-order valence-corrected chi connectivity index (χ3v) is 2.59. The van der Waals surface area contributed by atoms with Crippen molar-refractivity contribution in [2.24, 2.45) is 0 Å².